The van der Waals surface area contributed by atoms with Gasteiger partial charge in [0.05, 0.1) is 31.9 Å². The maximum atomic E-state index is 13.2. The number of fused-ring (bicyclic) bond motifs is 1. The zero-order valence-electron chi connectivity index (χ0n) is 17.5. The SMILES string of the molecule is CC(C(=O)N1CCOc2ccc(C(O)C3CCCCC3)cc2C1)N1CCOCC1. The Morgan fingerprint density at radius 2 is 1.86 bits per heavy atom. The van der Waals surface area contributed by atoms with E-state index in [1.54, 1.807) is 0 Å². The van der Waals surface area contributed by atoms with Crippen LogP contribution in [-0.2, 0) is 16.1 Å². The average molecular weight is 403 g/mol. The number of hydrogen-bond donors (Lipinski definition) is 1. The van der Waals surface area contributed by atoms with Gasteiger partial charge in [0, 0.05) is 25.2 Å². The van der Waals surface area contributed by atoms with Crippen LogP contribution in [0, 0.1) is 5.92 Å². The van der Waals surface area contributed by atoms with Crippen LogP contribution < -0.4 is 4.74 Å². The summed E-state index contributed by atoms with van der Waals surface area (Å²) < 4.78 is 11.3. The lowest BCUT2D eigenvalue weighted by Crippen LogP contribution is -2.51. The van der Waals surface area contributed by atoms with E-state index in [4.69, 9.17) is 9.47 Å². The van der Waals surface area contributed by atoms with Gasteiger partial charge in [-0.15, -0.1) is 0 Å². The van der Waals surface area contributed by atoms with Crippen molar-refractivity contribution < 1.29 is 19.4 Å². The van der Waals surface area contributed by atoms with Crippen molar-refractivity contribution in [1.82, 2.24) is 9.80 Å². The first kappa shape index (κ1) is 20.6. The monoisotopic (exact) mass is 402 g/mol. The van der Waals surface area contributed by atoms with E-state index in [0.717, 1.165) is 42.8 Å². The van der Waals surface area contributed by atoms with Crippen molar-refractivity contribution in [3.63, 3.8) is 0 Å². The molecule has 2 atom stereocenters. The minimum absolute atomic E-state index is 0.140. The van der Waals surface area contributed by atoms with Crippen molar-refractivity contribution in [2.75, 3.05) is 39.5 Å². The third kappa shape index (κ3) is 4.76. The number of morpholine rings is 1. The second-order valence-corrected chi connectivity index (χ2v) is 8.64. The zero-order chi connectivity index (χ0) is 20.2. The lowest BCUT2D eigenvalue weighted by molar-refractivity contribution is -0.138. The second-order valence-electron chi connectivity index (χ2n) is 8.64. The Bertz CT molecular complexity index is 698. The Morgan fingerprint density at radius 3 is 2.62 bits per heavy atom. The van der Waals surface area contributed by atoms with Crippen LogP contribution in [0.2, 0.25) is 0 Å². The smallest absolute Gasteiger partial charge is 0.240 e. The molecule has 1 aromatic carbocycles. The highest BCUT2D eigenvalue weighted by Gasteiger charge is 2.30. The van der Waals surface area contributed by atoms with Gasteiger partial charge in [-0.05, 0) is 43.4 Å². The van der Waals surface area contributed by atoms with E-state index in [0.29, 0.717) is 38.8 Å². The minimum Gasteiger partial charge on any atom is -0.491 e. The molecule has 1 amide bonds. The van der Waals surface area contributed by atoms with Gasteiger partial charge in [0.15, 0.2) is 0 Å². The normalized spacial score (nSPS) is 23.6. The van der Waals surface area contributed by atoms with E-state index < -0.39 is 6.10 Å². The molecule has 0 radical (unpaired) electrons. The molecule has 29 heavy (non-hydrogen) atoms. The van der Waals surface area contributed by atoms with Gasteiger partial charge in [-0.25, -0.2) is 0 Å². The Kier molecular flexibility index (Phi) is 6.73. The van der Waals surface area contributed by atoms with E-state index in [1.165, 1.54) is 19.3 Å². The van der Waals surface area contributed by atoms with Crippen molar-refractivity contribution in [3.05, 3.63) is 29.3 Å². The fourth-order valence-electron chi connectivity index (χ4n) is 4.89. The highest BCUT2D eigenvalue weighted by molar-refractivity contribution is 5.81. The molecule has 0 spiro atoms. The summed E-state index contributed by atoms with van der Waals surface area (Å²) in [6.45, 7) is 6.58. The minimum atomic E-state index is -0.430. The molecule has 160 valence electrons. The maximum absolute atomic E-state index is 13.2. The molecule has 2 aliphatic heterocycles. The number of hydrogen-bond acceptors (Lipinski definition) is 5. The number of rotatable bonds is 4. The van der Waals surface area contributed by atoms with Gasteiger partial charge in [0.1, 0.15) is 12.4 Å². The number of carbonyl (C=O) groups is 1. The lowest BCUT2D eigenvalue weighted by Gasteiger charge is -2.34. The van der Waals surface area contributed by atoms with Crippen molar-refractivity contribution in [2.45, 2.75) is 57.7 Å². The van der Waals surface area contributed by atoms with Crippen LogP contribution in [0.5, 0.6) is 5.75 Å². The first-order chi connectivity index (χ1) is 14.1. The lowest BCUT2D eigenvalue weighted by atomic mass is 9.82. The number of aliphatic hydroxyl groups excluding tert-OH is 1. The molecular formula is C23H34N2O4. The van der Waals surface area contributed by atoms with Gasteiger partial charge in [-0.3, -0.25) is 9.69 Å². The molecule has 4 rings (SSSR count). The number of carbonyl (C=O) groups excluding carboxylic acids is 1. The topological polar surface area (TPSA) is 62.2 Å². The molecule has 2 unspecified atom stereocenters. The molecule has 0 bridgehead atoms. The van der Waals surface area contributed by atoms with Crippen LogP contribution in [0.4, 0.5) is 0 Å². The standard InChI is InChI=1S/C23H34N2O4/c1-17(24-9-12-28-13-10-24)23(27)25-11-14-29-21-8-7-19(15-20(21)16-25)22(26)18-5-3-2-4-6-18/h7-8,15,17-18,22,26H,2-6,9-14,16H2,1H3. The van der Waals surface area contributed by atoms with E-state index in [-0.39, 0.29) is 11.9 Å². The number of nitrogens with zero attached hydrogens (tertiary/aromatic N) is 2. The van der Waals surface area contributed by atoms with Gasteiger partial charge in [-0.2, -0.15) is 0 Å². The summed E-state index contributed by atoms with van der Waals surface area (Å²) in [5.74, 6) is 1.31. The summed E-state index contributed by atoms with van der Waals surface area (Å²) in [7, 11) is 0. The summed E-state index contributed by atoms with van der Waals surface area (Å²) >= 11 is 0. The van der Waals surface area contributed by atoms with Crippen molar-refractivity contribution in [1.29, 1.82) is 0 Å². The van der Waals surface area contributed by atoms with Crippen LogP contribution in [0.3, 0.4) is 0 Å². The predicted octanol–water partition coefficient (Wildman–Crippen LogP) is 2.74. The van der Waals surface area contributed by atoms with E-state index in [9.17, 15) is 9.90 Å². The van der Waals surface area contributed by atoms with Gasteiger partial charge in [-0.1, -0.05) is 25.3 Å². The highest BCUT2D eigenvalue weighted by atomic mass is 16.5. The Hall–Kier alpha value is -1.63. The van der Waals surface area contributed by atoms with E-state index in [1.807, 2.05) is 24.0 Å². The second kappa shape index (κ2) is 9.45. The van der Waals surface area contributed by atoms with Crippen LogP contribution >= 0.6 is 0 Å². The largest absolute Gasteiger partial charge is 0.491 e. The molecular weight excluding hydrogens is 368 g/mol. The maximum Gasteiger partial charge on any atom is 0.240 e. The number of aliphatic hydroxyl groups is 1. The van der Waals surface area contributed by atoms with E-state index >= 15 is 0 Å². The highest BCUT2D eigenvalue weighted by Crippen LogP contribution is 2.36. The van der Waals surface area contributed by atoms with Gasteiger partial charge in [0.25, 0.3) is 0 Å². The molecule has 2 heterocycles. The fourth-order valence-corrected chi connectivity index (χ4v) is 4.89. The molecule has 1 N–H and O–H groups in total. The molecule has 1 aromatic rings. The van der Waals surface area contributed by atoms with Crippen molar-refractivity contribution >= 4 is 5.91 Å². The van der Waals surface area contributed by atoms with E-state index in [2.05, 4.69) is 11.0 Å². The molecule has 1 saturated heterocycles. The number of amides is 1. The number of ether oxygens (including phenoxy) is 2. The van der Waals surface area contributed by atoms with Crippen LogP contribution in [0.1, 0.15) is 56.3 Å². The third-order valence-electron chi connectivity index (χ3n) is 6.76. The average Bonchev–Trinajstić information content (AvgIpc) is 3.00. The summed E-state index contributed by atoms with van der Waals surface area (Å²) in [5.41, 5.74) is 1.95. The van der Waals surface area contributed by atoms with Crippen LogP contribution in [0.15, 0.2) is 18.2 Å². The first-order valence-corrected chi connectivity index (χ1v) is 11.2. The van der Waals surface area contributed by atoms with Gasteiger partial charge >= 0.3 is 0 Å². The summed E-state index contributed by atoms with van der Waals surface area (Å²) in [5, 5.41) is 10.9. The molecule has 1 saturated carbocycles. The first-order valence-electron chi connectivity index (χ1n) is 11.2. The van der Waals surface area contributed by atoms with Crippen LogP contribution in [0.25, 0.3) is 0 Å². The van der Waals surface area contributed by atoms with Crippen molar-refractivity contribution in [3.8, 4) is 5.75 Å². The van der Waals surface area contributed by atoms with Gasteiger partial charge in [0.2, 0.25) is 5.91 Å². The number of benzene rings is 1. The molecule has 0 aromatic heterocycles. The Balaban J connectivity index is 1.47. The van der Waals surface area contributed by atoms with Crippen molar-refractivity contribution in [2.24, 2.45) is 5.92 Å². The Morgan fingerprint density at radius 1 is 1.10 bits per heavy atom. The summed E-state index contributed by atoms with van der Waals surface area (Å²) in [6, 6.07) is 5.86. The zero-order valence-corrected chi connectivity index (χ0v) is 17.5. The quantitative estimate of drug-likeness (QED) is 0.839. The third-order valence-corrected chi connectivity index (χ3v) is 6.76. The summed E-state index contributed by atoms with van der Waals surface area (Å²) in [4.78, 5) is 17.3. The Labute approximate surface area is 173 Å². The fraction of sp³-hybridized carbons (Fsp3) is 0.696. The van der Waals surface area contributed by atoms with Gasteiger partial charge < -0.3 is 19.5 Å². The molecule has 2 fully saturated rings. The van der Waals surface area contributed by atoms with Crippen LogP contribution in [-0.4, -0.2) is 66.3 Å². The molecule has 3 aliphatic rings. The predicted molar refractivity (Wildman–Crippen MR) is 111 cm³/mol. The molecule has 6 heteroatoms. The summed E-state index contributed by atoms with van der Waals surface area (Å²) in [6.07, 6.45) is 5.45. The molecule has 1 aliphatic carbocycles. The molecule has 6 nitrogen and oxygen atoms in total.